The number of amides is 1. The van der Waals surface area contributed by atoms with E-state index in [0.29, 0.717) is 17.0 Å². The zero-order valence-corrected chi connectivity index (χ0v) is 24.8. The maximum atomic E-state index is 13.4. The first-order chi connectivity index (χ1) is 20.1. The van der Waals surface area contributed by atoms with E-state index in [1.54, 1.807) is 12.1 Å². The summed E-state index contributed by atoms with van der Waals surface area (Å²) in [6, 6.07) is 26.7. The predicted molar refractivity (Wildman–Crippen MR) is 169 cm³/mol. The van der Waals surface area contributed by atoms with Crippen molar-refractivity contribution in [3.63, 3.8) is 0 Å². The molecule has 1 amide bonds. The Kier molecular flexibility index (Phi) is 7.99. The molecule has 0 aliphatic heterocycles. The van der Waals surface area contributed by atoms with Gasteiger partial charge < -0.3 is 15.4 Å². The van der Waals surface area contributed by atoms with E-state index in [4.69, 9.17) is 4.98 Å². The molecule has 5 aromatic rings. The molecule has 1 heterocycles. The van der Waals surface area contributed by atoms with Gasteiger partial charge in [0.05, 0.1) is 22.6 Å². The molecule has 1 atom stereocenters. The zero-order chi connectivity index (χ0) is 30.0. The van der Waals surface area contributed by atoms with E-state index in [-0.39, 0.29) is 22.9 Å². The van der Waals surface area contributed by atoms with Crippen LogP contribution in [0.4, 0.5) is 0 Å². The maximum Gasteiger partial charge on any atom is 0.336 e. The largest absolute Gasteiger partial charge is 0.478 e. The lowest BCUT2D eigenvalue weighted by atomic mass is 9.87. The number of imidazole rings is 1. The van der Waals surface area contributed by atoms with Crippen LogP contribution in [-0.2, 0) is 5.41 Å². The van der Waals surface area contributed by atoms with E-state index >= 15 is 0 Å². The summed E-state index contributed by atoms with van der Waals surface area (Å²) < 4.78 is 0. The van der Waals surface area contributed by atoms with E-state index < -0.39 is 5.97 Å². The van der Waals surface area contributed by atoms with E-state index in [2.05, 4.69) is 50.1 Å². The minimum Gasteiger partial charge on any atom is -0.478 e. The Morgan fingerprint density at radius 3 is 2.38 bits per heavy atom. The van der Waals surface area contributed by atoms with Crippen molar-refractivity contribution in [3.8, 4) is 22.5 Å². The molecule has 5 rings (SSSR count). The highest BCUT2D eigenvalue weighted by Crippen LogP contribution is 2.37. The van der Waals surface area contributed by atoms with Crippen LogP contribution >= 0.6 is 0 Å². The molecule has 0 radical (unpaired) electrons. The van der Waals surface area contributed by atoms with Gasteiger partial charge in [-0.25, -0.2) is 9.78 Å². The molecule has 1 aromatic heterocycles. The summed E-state index contributed by atoms with van der Waals surface area (Å²) >= 11 is 0. The number of hydrogen-bond acceptors (Lipinski definition) is 3. The summed E-state index contributed by atoms with van der Waals surface area (Å²) in [6.07, 6.45) is 1.68. The number of carboxylic acid groups (broad SMARTS) is 1. The molecule has 42 heavy (non-hydrogen) atoms. The number of benzene rings is 4. The van der Waals surface area contributed by atoms with Gasteiger partial charge in [0.2, 0.25) is 0 Å². The van der Waals surface area contributed by atoms with Crippen molar-refractivity contribution in [3.05, 3.63) is 113 Å². The average Bonchev–Trinajstić information content (AvgIpc) is 3.40. The maximum absolute atomic E-state index is 13.4. The van der Waals surface area contributed by atoms with E-state index in [9.17, 15) is 14.7 Å². The van der Waals surface area contributed by atoms with Crippen LogP contribution < -0.4 is 5.32 Å². The first-order valence-corrected chi connectivity index (χ1v) is 14.4. The number of nitrogens with one attached hydrogen (secondary N) is 2. The molecular weight excluding hydrogens is 522 g/mol. The van der Waals surface area contributed by atoms with Crippen molar-refractivity contribution >= 4 is 22.9 Å². The standard InChI is InChI=1S/C36H37N3O3/c1-6-11-29(23-13-8-7-9-14-23)39-34(40)24-16-18-26(28(20-24)35(41)42)32-22(2)12-10-15-27(32)33-37-30-19-17-25(36(3,4)5)21-31(30)38-33/h7-10,12-21,29H,6,11H2,1-5H3,(H,37,38)(H,39,40)(H,41,42). The fraction of sp³-hybridized carbons (Fsp3) is 0.250. The summed E-state index contributed by atoms with van der Waals surface area (Å²) in [5, 5.41) is 13.4. The van der Waals surface area contributed by atoms with Gasteiger partial charge in [-0.15, -0.1) is 0 Å². The van der Waals surface area contributed by atoms with Gasteiger partial charge in [-0.2, -0.15) is 0 Å². The zero-order valence-electron chi connectivity index (χ0n) is 24.8. The highest BCUT2D eigenvalue weighted by Gasteiger charge is 2.23. The summed E-state index contributed by atoms with van der Waals surface area (Å²) in [7, 11) is 0. The number of fused-ring (bicyclic) bond motifs is 1. The number of H-pyrrole nitrogens is 1. The number of nitrogens with zero attached hydrogens (tertiary/aromatic N) is 1. The lowest BCUT2D eigenvalue weighted by Crippen LogP contribution is -2.28. The molecule has 0 aliphatic carbocycles. The van der Waals surface area contributed by atoms with E-state index in [1.807, 2.05) is 61.5 Å². The normalized spacial score (nSPS) is 12.3. The molecule has 0 fully saturated rings. The average molecular weight is 560 g/mol. The number of hydrogen-bond donors (Lipinski definition) is 3. The van der Waals surface area contributed by atoms with E-state index in [1.165, 1.54) is 11.6 Å². The number of aromatic carboxylic acids is 1. The van der Waals surface area contributed by atoms with Gasteiger partial charge in [0.15, 0.2) is 0 Å². The minimum absolute atomic E-state index is 0.0100. The first-order valence-electron chi connectivity index (χ1n) is 14.4. The molecule has 3 N–H and O–H groups in total. The second-order valence-corrected chi connectivity index (χ2v) is 11.9. The van der Waals surface area contributed by atoms with Crippen LogP contribution in [-0.4, -0.2) is 27.0 Å². The fourth-order valence-corrected chi connectivity index (χ4v) is 5.44. The molecule has 6 nitrogen and oxygen atoms in total. The third kappa shape index (κ3) is 5.84. The van der Waals surface area contributed by atoms with Gasteiger partial charge in [-0.05, 0) is 70.8 Å². The quantitative estimate of drug-likeness (QED) is 0.178. The van der Waals surface area contributed by atoms with Crippen LogP contribution in [0.3, 0.4) is 0 Å². The number of rotatable bonds is 8. The van der Waals surface area contributed by atoms with Crippen LogP contribution in [0.2, 0.25) is 0 Å². The molecule has 6 heteroatoms. The first kappa shape index (κ1) is 28.8. The third-order valence-corrected chi connectivity index (χ3v) is 7.74. The predicted octanol–water partition coefficient (Wildman–Crippen LogP) is 8.47. The van der Waals surface area contributed by atoms with Crippen LogP contribution in [0, 0.1) is 6.92 Å². The van der Waals surface area contributed by atoms with Crippen molar-refractivity contribution in [2.45, 2.75) is 58.9 Å². The summed E-state index contributed by atoms with van der Waals surface area (Å²) in [5.41, 5.74) is 7.36. The van der Waals surface area contributed by atoms with Gasteiger partial charge in [-0.3, -0.25) is 4.79 Å². The fourth-order valence-electron chi connectivity index (χ4n) is 5.44. The molecule has 0 saturated heterocycles. The highest BCUT2D eigenvalue weighted by atomic mass is 16.4. The minimum atomic E-state index is -1.10. The molecule has 0 bridgehead atoms. The summed E-state index contributed by atoms with van der Waals surface area (Å²) in [5.74, 6) is -0.733. The molecular formula is C36H37N3O3. The Hall–Kier alpha value is -4.71. The SMILES string of the molecule is CCCC(NC(=O)c1ccc(-c2c(C)cccc2-c2nc3cc(C(C)(C)C)ccc3[nH]2)c(C(=O)O)c1)c1ccccc1. The molecule has 4 aromatic carbocycles. The Morgan fingerprint density at radius 2 is 1.69 bits per heavy atom. The van der Waals surface area contributed by atoms with E-state index in [0.717, 1.165) is 46.1 Å². The van der Waals surface area contributed by atoms with Crippen molar-refractivity contribution in [1.82, 2.24) is 15.3 Å². The van der Waals surface area contributed by atoms with Gasteiger partial charge in [0.25, 0.3) is 5.91 Å². The topological polar surface area (TPSA) is 95.1 Å². The van der Waals surface area contributed by atoms with Crippen molar-refractivity contribution in [1.29, 1.82) is 0 Å². The van der Waals surface area contributed by atoms with Crippen LogP contribution in [0.15, 0.2) is 84.9 Å². The third-order valence-electron chi connectivity index (χ3n) is 7.74. The van der Waals surface area contributed by atoms with Crippen LogP contribution in [0.1, 0.15) is 84.0 Å². The number of aryl methyl sites for hydroxylation is 1. The van der Waals surface area contributed by atoms with Gasteiger partial charge in [0, 0.05) is 11.1 Å². The van der Waals surface area contributed by atoms with Crippen LogP contribution in [0.5, 0.6) is 0 Å². The smallest absolute Gasteiger partial charge is 0.336 e. The number of carboxylic acids is 1. The molecule has 214 valence electrons. The Morgan fingerprint density at radius 1 is 0.929 bits per heavy atom. The summed E-state index contributed by atoms with van der Waals surface area (Å²) in [4.78, 5) is 34.3. The molecule has 0 saturated carbocycles. The lowest BCUT2D eigenvalue weighted by molar-refractivity contribution is 0.0697. The lowest BCUT2D eigenvalue weighted by Gasteiger charge is -2.19. The Bertz CT molecular complexity index is 1760. The van der Waals surface area contributed by atoms with Crippen molar-refractivity contribution < 1.29 is 14.7 Å². The second kappa shape index (κ2) is 11.6. The highest BCUT2D eigenvalue weighted by molar-refractivity contribution is 6.03. The molecule has 1 unspecified atom stereocenters. The van der Waals surface area contributed by atoms with Crippen LogP contribution in [0.25, 0.3) is 33.5 Å². The Labute approximate surface area is 246 Å². The molecule has 0 spiro atoms. The molecule has 0 aliphatic rings. The number of carbonyl (C=O) groups is 2. The number of aromatic amines is 1. The summed E-state index contributed by atoms with van der Waals surface area (Å²) in [6.45, 7) is 10.5. The monoisotopic (exact) mass is 559 g/mol. The van der Waals surface area contributed by atoms with Gasteiger partial charge in [-0.1, -0.05) is 94.8 Å². The van der Waals surface area contributed by atoms with Crippen molar-refractivity contribution in [2.24, 2.45) is 0 Å². The number of carbonyl (C=O) groups excluding carboxylic acids is 1. The number of aromatic nitrogens is 2. The van der Waals surface area contributed by atoms with Gasteiger partial charge in [0.1, 0.15) is 5.82 Å². The second-order valence-electron chi connectivity index (χ2n) is 11.9. The van der Waals surface area contributed by atoms with Gasteiger partial charge >= 0.3 is 5.97 Å². The van der Waals surface area contributed by atoms with Crippen molar-refractivity contribution in [2.75, 3.05) is 0 Å². The Balaban J connectivity index is 1.55.